The summed E-state index contributed by atoms with van der Waals surface area (Å²) in [7, 11) is -4.60. The first-order valence-electron chi connectivity index (χ1n) is 15.3. The third-order valence-electron chi connectivity index (χ3n) is 6.64. The van der Waals surface area contributed by atoms with Crippen molar-refractivity contribution < 1.29 is 56.8 Å². The molecule has 1 rings (SSSR count). The maximum Gasteiger partial charge on any atom is 0.306 e. The average molecular weight is 659 g/mol. The van der Waals surface area contributed by atoms with E-state index in [-0.39, 0.29) is 19.4 Å². The number of carbonyl (C=O) groups is 2. The Morgan fingerprint density at radius 3 is 2.16 bits per heavy atom. The molecule has 1 unspecified atom stereocenters. The molecule has 1 saturated heterocycles. The predicted octanol–water partition coefficient (Wildman–Crippen LogP) is 3.49. The molecule has 1 fully saturated rings. The van der Waals surface area contributed by atoms with Crippen LogP contribution in [-0.2, 0) is 38.7 Å². The van der Waals surface area contributed by atoms with Gasteiger partial charge in [-0.25, -0.2) is 0 Å². The molecule has 45 heavy (non-hydrogen) atoms. The summed E-state index contributed by atoms with van der Waals surface area (Å²) in [5, 5.41) is 30.5. The zero-order valence-electron chi connectivity index (χ0n) is 26.0. The Balaban J connectivity index is 2.69. The van der Waals surface area contributed by atoms with Crippen molar-refractivity contribution in [2.45, 2.75) is 108 Å². The van der Waals surface area contributed by atoms with Crippen LogP contribution in [0.2, 0.25) is 0 Å². The van der Waals surface area contributed by atoms with Gasteiger partial charge in [-0.15, -0.1) is 6.58 Å². The molecule has 0 aromatic carbocycles. The van der Waals surface area contributed by atoms with Crippen molar-refractivity contribution in [1.29, 1.82) is 0 Å². The highest BCUT2D eigenvalue weighted by atomic mass is 32.2. The quantitative estimate of drug-likeness (QED) is 0.0412. The zero-order valence-corrected chi connectivity index (χ0v) is 26.8. The fourth-order valence-corrected chi connectivity index (χ4v) is 4.91. The van der Waals surface area contributed by atoms with E-state index in [1.165, 1.54) is 0 Å². The van der Waals surface area contributed by atoms with Gasteiger partial charge in [0.15, 0.2) is 12.4 Å². The highest BCUT2D eigenvalue weighted by Gasteiger charge is 2.46. The molecule has 0 spiro atoms. The van der Waals surface area contributed by atoms with Crippen LogP contribution in [-0.4, -0.2) is 96.0 Å². The monoisotopic (exact) mass is 658 g/mol. The van der Waals surface area contributed by atoms with Crippen molar-refractivity contribution in [1.82, 2.24) is 0 Å². The van der Waals surface area contributed by atoms with Gasteiger partial charge >= 0.3 is 11.9 Å². The van der Waals surface area contributed by atoms with Crippen LogP contribution >= 0.6 is 0 Å². The number of hydrogen-bond donors (Lipinski definition) is 4. The lowest BCUT2D eigenvalue weighted by Crippen LogP contribution is -2.60. The van der Waals surface area contributed by atoms with E-state index in [1.807, 2.05) is 61.6 Å². The average Bonchev–Trinajstić information content (AvgIpc) is 2.99. The fourth-order valence-electron chi connectivity index (χ4n) is 4.22. The molecular weight excluding hydrogens is 608 g/mol. The van der Waals surface area contributed by atoms with E-state index in [0.29, 0.717) is 19.3 Å². The summed E-state index contributed by atoms with van der Waals surface area (Å²) in [6.45, 7) is 4.82. The van der Waals surface area contributed by atoms with Gasteiger partial charge < -0.3 is 34.3 Å². The third-order valence-corrected chi connectivity index (χ3v) is 7.39. The minimum absolute atomic E-state index is 0.0649. The molecular formula is C32H50O12S. The van der Waals surface area contributed by atoms with Crippen LogP contribution in [0.1, 0.15) is 71.1 Å². The molecule has 0 aliphatic carbocycles. The second kappa shape index (κ2) is 23.7. The highest BCUT2D eigenvalue weighted by Crippen LogP contribution is 2.23. The third kappa shape index (κ3) is 19.5. The standard InChI is InChI=1S/C32H50O12S/c1-3-5-7-9-11-12-13-15-17-19-21-28(34)43-25(22-41-27(33)20-18-16-14-10-8-6-4-2)23-42-32-31(37)30(36)29(35)26(44-32)24-45(38,39)40/h3-5,7,9,11-13,15,25-26,29-32,35-37H,2,6,8,10,14,16-24H2,1H3,(H,38,39,40)/b5-3+,9-7+,12-11+,15-13+/t25-,26-,29-,30+,31-,32?/m1/s1. The van der Waals surface area contributed by atoms with E-state index in [0.717, 1.165) is 32.1 Å². The van der Waals surface area contributed by atoms with Crippen molar-refractivity contribution in [2.24, 2.45) is 0 Å². The summed E-state index contributed by atoms with van der Waals surface area (Å²) in [4.78, 5) is 24.9. The molecule has 6 atom stereocenters. The SMILES string of the molecule is C=CCCCCCCCC(=O)OC[C@H](COC1O[C@H](CS(=O)(=O)O)[C@@H](O)[C@H](O)[C@H]1O)OC(=O)CCC/C=C/C=C/C=C/C=C/C. The van der Waals surface area contributed by atoms with Crippen LogP contribution in [0.3, 0.4) is 0 Å². The topological polar surface area (TPSA) is 186 Å². The van der Waals surface area contributed by atoms with Crippen molar-refractivity contribution in [3.05, 3.63) is 61.3 Å². The van der Waals surface area contributed by atoms with Gasteiger partial charge in [0, 0.05) is 12.8 Å². The van der Waals surface area contributed by atoms with Crippen LogP contribution in [0.25, 0.3) is 0 Å². The van der Waals surface area contributed by atoms with E-state index >= 15 is 0 Å². The van der Waals surface area contributed by atoms with Crippen molar-refractivity contribution >= 4 is 22.1 Å². The molecule has 0 aromatic rings. The summed E-state index contributed by atoms with van der Waals surface area (Å²) in [6.07, 6.45) is 14.0. The molecule has 1 heterocycles. The number of allylic oxidation sites excluding steroid dienone is 9. The van der Waals surface area contributed by atoms with Gasteiger partial charge in [0.1, 0.15) is 36.8 Å². The van der Waals surface area contributed by atoms with Crippen LogP contribution in [0.15, 0.2) is 61.3 Å². The second-order valence-corrected chi connectivity index (χ2v) is 12.1. The fraction of sp³-hybridized carbons (Fsp3) is 0.625. The Morgan fingerprint density at radius 1 is 0.822 bits per heavy atom. The summed E-state index contributed by atoms with van der Waals surface area (Å²) in [5.74, 6) is -2.12. The first-order valence-corrected chi connectivity index (χ1v) is 16.9. The van der Waals surface area contributed by atoms with Crippen LogP contribution in [0.4, 0.5) is 0 Å². The van der Waals surface area contributed by atoms with E-state index < -0.39 is 71.2 Å². The predicted molar refractivity (Wildman–Crippen MR) is 168 cm³/mol. The number of ether oxygens (including phenoxy) is 4. The number of carbonyl (C=O) groups excluding carboxylic acids is 2. The van der Waals surface area contributed by atoms with Gasteiger partial charge in [-0.1, -0.05) is 73.9 Å². The molecule has 4 N–H and O–H groups in total. The summed E-state index contributed by atoms with van der Waals surface area (Å²) < 4.78 is 53.3. The van der Waals surface area contributed by atoms with Crippen LogP contribution in [0.5, 0.6) is 0 Å². The summed E-state index contributed by atoms with van der Waals surface area (Å²) in [5.41, 5.74) is 0. The minimum atomic E-state index is -4.60. The molecule has 0 radical (unpaired) electrons. The number of unbranched alkanes of at least 4 members (excludes halogenated alkanes) is 6. The Bertz CT molecular complexity index is 1080. The number of esters is 2. The normalized spacial score (nSPS) is 23.3. The number of aliphatic hydroxyl groups is 3. The number of hydrogen-bond acceptors (Lipinski definition) is 11. The maximum atomic E-state index is 12.5. The highest BCUT2D eigenvalue weighted by molar-refractivity contribution is 7.85. The Hall–Kier alpha value is -2.65. The largest absolute Gasteiger partial charge is 0.462 e. The molecule has 1 aliphatic rings. The van der Waals surface area contributed by atoms with Crippen molar-refractivity contribution in [2.75, 3.05) is 19.0 Å². The molecule has 0 bridgehead atoms. The van der Waals surface area contributed by atoms with E-state index in [2.05, 4.69) is 6.58 Å². The van der Waals surface area contributed by atoms with Gasteiger partial charge in [0.05, 0.1) is 6.61 Å². The Kier molecular flexibility index (Phi) is 21.2. The molecule has 0 aromatic heterocycles. The van der Waals surface area contributed by atoms with E-state index in [4.69, 9.17) is 23.5 Å². The van der Waals surface area contributed by atoms with Crippen molar-refractivity contribution in [3.63, 3.8) is 0 Å². The van der Waals surface area contributed by atoms with E-state index in [1.54, 1.807) is 0 Å². The minimum Gasteiger partial charge on any atom is -0.462 e. The number of aliphatic hydroxyl groups excluding tert-OH is 3. The lowest BCUT2D eigenvalue weighted by Gasteiger charge is -2.40. The number of rotatable bonds is 23. The maximum absolute atomic E-state index is 12.5. The van der Waals surface area contributed by atoms with E-state index in [9.17, 15) is 33.3 Å². The van der Waals surface area contributed by atoms with Gasteiger partial charge in [0.25, 0.3) is 10.1 Å². The zero-order chi connectivity index (χ0) is 33.5. The molecule has 0 amide bonds. The molecule has 12 nitrogen and oxygen atoms in total. The van der Waals surface area contributed by atoms with Crippen LogP contribution < -0.4 is 0 Å². The summed E-state index contributed by atoms with van der Waals surface area (Å²) >= 11 is 0. The van der Waals surface area contributed by atoms with Gasteiger partial charge in [0.2, 0.25) is 0 Å². The van der Waals surface area contributed by atoms with Gasteiger partial charge in [-0.3, -0.25) is 14.1 Å². The molecule has 0 saturated carbocycles. The molecule has 1 aliphatic heterocycles. The van der Waals surface area contributed by atoms with Gasteiger partial charge in [-0.2, -0.15) is 8.42 Å². The Labute approximate surface area is 266 Å². The van der Waals surface area contributed by atoms with Crippen molar-refractivity contribution in [3.8, 4) is 0 Å². The molecule has 256 valence electrons. The smallest absolute Gasteiger partial charge is 0.306 e. The lowest BCUT2D eigenvalue weighted by molar-refractivity contribution is -0.297. The Morgan fingerprint density at radius 2 is 1.47 bits per heavy atom. The van der Waals surface area contributed by atoms with Gasteiger partial charge in [-0.05, 0) is 39.0 Å². The summed E-state index contributed by atoms with van der Waals surface area (Å²) in [6, 6.07) is 0. The molecule has 13 heteroatoms. The first-order chi connectivity index (χ1) is 21.5. The lowest BCUT2D eigenvalue weighted by atomic mass is 10.00. The van der Waals surface area contributed by atoms with Crippen LogP contribution in [0, 0.1) is 0 Å². The second-order valence-electron chi connectivity index (χ2n) is 10.6. The first kappa shape index (κ1) is 40.4.